The van der Waals surface area contributed by atoms with E-state index in [0.29, 0.717) is 10.5 Å². The molecule has 1 aromatic carbocycles. The summed E-state index contributed by atoms with van der Waals surface area (Å²) in [6, 6.07) is 4.32. The van der Waals surface area contributed by atoms with Gasteiger partial charge in [0, 0.05) is 14.1 Å². The number of fused-ring (bicyclic) bond motifs is 13. The molecule has 0 aliphatic carbocycles. The molecule has 4 saturated heterocycles. The van der Waals surface area contributed by atoms with Crippen molar-refractivity contribution in [1.29, 1.82) is 0 Å². The van der Waals surface area contributed by atoms with Crippen molar-refractivity contribution in [2.75, 3.05) is 0 Å². The summed E-state index contributed by atoms with van der Waals surface area (Å²) in [7, 11) is 0. The van der Waals surface area contributed by atoms with E-state index in [0.717, 1.165) is 33.8 Å². The molecular weight excluding hydrogens is 542 g/mol. The summed E-state index contributed by atoms with van der Waals surface area (Å²) < 4.78 is 15.4. The maximum absolute atomic E-state index is 6.53. The highest BCUT2D eigenvalue weighted by atomic mass is 127. The number of hydrogen-bond donors (Lipinski definition) is 0. The van der Waals surface area contributed by atoms with Gasteiger partial charge in [-0.05, 0) is 82.0 Å². The van der Waals surface area contributed by atoms with Crippen molar-refractivity contribution >= 4 is 68.7 Å². The molecule has 22 heavy (non-hydrogen) atoms. The monoisotopic (exact) mass is 556 g/mol. The predicted octanol–water partition coefficient (Wildman–Crippen LogP) is 4.41. The van der Waals surface area contributed by atoms with Crippen LogP contribution in [0.5, 0.6) is 11.5 Å². The smallest absolute Gasteiger partial charge is 0.175 e. The van der Waals surface area contributed by atoms with Gasteiger partial charge in [-0.25, -0.2) is 0 Å². The molecule has 0 N–H and O–H groups in total. The fourth-order valence-electron chi connectivity index (χ4n) is 5.23. The van der Waals surface area contributed by atoms with Crippen molar-refractivity contribution < 1.29 is 9.47 Å². The van der Waals surface area contributed by atoms with Gasteiger partial charge in [0.1, 0.15) is 12.2 Å². The highest BCUT2D eigenvalue weighted by Crippen LogP contribution is 2.68. The van der Waals surface area contributed by atoms with Gasteiger partial charge in [-0.2, -0.15) is 11.8 Å². The molecule has 4 fully saturated rings. The molecule has 0 aromatic heterocycles. The molecule has 1 aromatic rings. The third kappa shape index (κ3) is 1.71. The molecule has 4 bridgehead atoms. The first-order valence-electron chi connectivity index (χ1n) is 7.84. The molecule has 8 atom stereocenters. The predicted molar refractivity (Wildman–Crippen MR) is 107 cm³/mol. The first-order chi connectivity index (χ1) is 10.7. The number of ether oxygens (including phenoxy) is 2. The number of hydrogen-bond acceptors (Lipinski definition) is 4. The van der Waals surface area contributed by atoms with E-state index >= 15 is 0 Å². The lowest BCUT2D eigenvalue weighted by atomic mass is 9.69. The van der Waals surface area contributed by atoms with Crippen molar-refractivity contribution in [3.63, 3.8) is 0 Å². The van der Waals surface area contributed by atoms with E-state index in [1.165, 1.54) is 20.0 Å². The molecule has 0 amide bonds. The molecular formula is C16H14I2O2S2. The summed E-state index contributed by atoms with van der Waals surface area (Å²) in [6.45, 7) is 0. The van der Waals surface area contributed by atoms with E-state index in [2.05, 4.69) is 80.8 Å². The lowest BCUT2D eigenvalue weighted by molar-refractivity contribution is -0.0209. The third-order valence-electron chi connectivity index (χ3n) is 5.92. The third-order valence-corrected chi connectivity index (χ3v) is 10.9. The lowest BCUT2D eigenvalue weighted by Crippen LogP contribution is -2.56. The Labute approximate surface area is 165 Å². The topological polar surface area (TPSA) is 18.5 Å². The summed E-state index contributed by atoms with van der Waals surface area (Å²) in [4.78, 5) is 0. The fraction of sp³-hybridized carbons (Fsp3) is 0.625. The van der Waals surface area contributed by atoms with Crippen LogP contribution in [-0.2, 0) is 0 Å². The Balaban J connectivity index is 1.42. The number of rotatable bonds is 0. The maximum atomic E-state index is 6.53. The van der Waals surface area contributed by atoms with Crippen molar-refractivity contribution in [3.05, 3.63) is 19.3 Å². The van der Waals surface area contributed by atoms with E-state index in [9.17, 15) is 0 Å². The van der Waals surface area contributed by atoms with Crippen molar-refractivity contribution in [2.45, 2.75) is 46.0 Å². The number of halogens is 2. The Hall–Kier alpha value is 0.980. The summed E-state index contributed by atoms with van der Waals surface area (Å²) in [5.41, 5.74) is 0. The molecule has 6 heteroatoms. The zero-order valence-electron chi connectivity index (χ0n) is 11.6. The second kappa shape index (κ2) is 4.78. The molecule has 2 nitrogen and oxygen atoms in total. The van der Waals surface area contributed by atoms with Crippen LogP contribution in [0.25, 0.3) is 0 Å². The molecule has 0 radical (unpaired) electrons. The highest BCUT2D eigenvalue weighted by Gasteiger charge is 2.69. The Morgan fingerprint density at radius 1 is 0.909 bits per heavy atom. The fourth-order valence-corrected chi connectivity index (χ4v) is 11.6. The average molecular weight is 556 g/mol. The quantitative estimate of drug-likeness (QED) is 0.441. The molecule has 0 saturated carbocycles. The van der Waals surface area contributed by atoms with Crippen LogP contribution in [-0.4, -0.2) is 33.2 Å². The number of thioether (sulfide) groups is 2. The summed E-state index contributed by atoms with van der Waals surface area (Å²) in [6.07, 6.45) is 3.42. The van der Waals surface area contributed by atoms with Gasteiger partial charge in [-0.1, -0.05) is 0 Å². The van der Waals surface area contributed by atoms with Crippen LogP contribution in [0.1, 0.15) is 12.8 Å². The molecule has 0 spiro atoms. The van der Waals surface area contributed by atoms with Crippen LogP contribution >= 0.6 is 68.7 Å². The maximum Gasteiger partial charge on any atom is 0.175 e. The van der Waals surface area contributed by atoms with E-state index in [1.807, 2.05) is 0 Å². The van der Waals surface area contributed by atoms with Crippen molar-refractivity contribution in [3.8, 4) is 11.5 Å². The Bertz CT molecular complexity index is 684. The average Bonchev–Trinajstić information content (AvgIpc) is 3.23. The van der Waals surface area contributed by atoms with Gasteiger partial charge in [0.25, 0.3) is 0 Å². The van der Waals surface area contributed by atoms with Crippen LogP contribution in [0.3, 0.4) is 0 Å². The van der Waals surface area contributed by atoms with E-state index in [1.54, 1.807) is 0 Å². The van der Waals surface area contributed by atoms with Gasteiger partial charge in [-0.15, -0.1) is 11.8 Å². The minimum atomic E-state index is 0.275. The van der Waals surface area contributed by atoms with Crippen LogP contribution in [0.4, 0.5) is 0 Å². The second-order valence-electron chi connectivity index (χ2n) is 6.89. The lowest BCUT2D eigenvalue weighted by Gasteiger charge is -2.43. The summed E-state index contributed by atoms with van der Waals surface area (Å²) in [5, 5.41) is 3.12. The van der Waals surface area contributed by atoms with Gasteiger partial charge in [0.15, 0.2) is 11.5 Å². The van der Waals surface area contributed by atoms with Crippen LogP contribution in [0.2, 0.25) is 0 Å². The first-order valence-corrected chi connectivity index (χ1v) is 11.9. The van der Waals surface area contributed by atoms with Crippen LogP contribution < -0.4 is 9.47 Å². The second-order valence-corrected chi connectivity index (χ2v) is 12.1. The largest absolute Gasteiger partial charge is 0.481 e. The standard InChI is InChI=1S/C16H14I2O2S2/c17-5-3-6(18)12-7(4-5)19-13-14(20-12)16-11-9-2-1-8(21-9)10(11)15(13)22-16/h3-4,8-11,13-16H,1-2H2. The summed E-state index contributed by atoms with van der Waals surface area (Å²) in [5.74, 6) is 3.72. The van der Waals surface area contributed by atoms with Gasteiger partial charge < -0.3 is 9.47 Å². The van der Waals surface area contributed by atoms with Crippen molar-refractivity contribution in [2.24, 2.45) is 11.8 Å². The van der Waals surface area contributed by atoms with E-state index < -0.39 is 0 Å². The highest BCUT2D eigenvalue weighted by molar-refractivity contribution is 14.1. The Morgan fingerprint density at radius 3 is 2.32 bits per heavy atom. The molecule has 6 rings (SSSR count). The minimum Gasteiger partial charge on any atom is -0.481 e. The molecule has 8 unspecified atom stereocenters. The molecule has 116 valence electrons. The van der Waals surface area contributed by atoms with Gasteiger partial charge in [-0.3, -0.25) is 0 Å². The first kappa shape index (κ1) is 14.2. The van der Waals surface area contributed by atoms with Gasteiger partial charge >= 0.3 is 0 Å². The minimum absolute atomic E-state index is 0.275. The van der Waals surface area contributed by atoms with Crippen LogP contribution in [0.15, 0.2) is 12.1 Å². The normalized spacial score (nSPS) is 49.4. The molecule has 5 heterocycles. The SMILES string of the molecule is Ic1cc(I)c2c(c1)OC1C(O2)C2SC1C1C3CCC(S3)C21. The van der Waals surface area contributed by atoms with E-state index in [4.69, 9.17) is 9.47 Å². The Kier molecular flexibility index (Phi) is 3.08. The van der Waals surface area contributed by atoms with Gasteiger partial charge in [0.2, 0.25) is 0 Å². The molecule has 5 aliphatic heterocycles. The zero-order valence-corrected chi connectivity index (χ0v) is 17.5. The van der Waals surface area contributed by atoms with Crippen molar-refractivity contribution in [1.82, 2.24) is 0 Å². The number of benzene rings is 1. The zero-order chi connectivity index (χ0) is 14.6. The van der Waals surface area contributed by atoms with Crippen LogP contribution in [0, 0.1) is 19.0 Å². The molecule has 5 aliphatic rings. The van der Waals surface area contributed by atoms with Gasteiger partial charge in [0.05, 0.1) is 14.1 Å². The Morgan fingerprint density at radius 2 is 1.59 bits per heavy atom. The van der Waals surface area contributed by atoms with E-state index in [-0.39, 0.29) is 12.2 Å². The summed E-state index contributed by atoms with van der Waals surface area (Å²) >= 11 is 9.22.